The van der Waals surface area contributed by atoms with Crippen LogP contribution in [0.5, 0.6) is 0 Å². The first-order valence-corrected chi connectivity index (χ1v) is 14.8. The van der Waals surface area contributed by atoms with Gasteiger partial charge >= 0.3 is 0 Å². The summed E-state index contributed by atoms with van der Waals surface area (Å²) in [5, 5.41) is 0.729. The van der Waals surface area contributed by atoms with Gasteiger partial charge in [-0.3, -0.25) is 0 Å². The number of aromatic nitrogens is 2. The monoisotopic (exact) mass is 555 g/mol. The van der Waals surface area contributed by atoms with E-state index in [4.69, 9.17) is 23.2 Å². The summed E-state index contributed by atoms with van der Waals surface area (Å²) >= 11 is 13.1. The predicted molar refractivity (Wildman–Crippen MR) is 140 cm³/mol. The molecule has 1 saturated carbocycles. The van der Waals surface area contributed by atoms with E-state index in [9.17, 15) is 17.2 Å². The second-order valence-electron chi connectivity index (χ2n) is 10.1. The van der Waals surface area contributed by atoms with E-state index in [0.717, 1.165) is 24.8 Å². The van der Waals surface area contributed by atoms with Gasteiger partial charge in [-0.05, 0) is 42.0 Å². The summed E-state index contributed by atoms with van der Waals surface area (Å²) in [6, 6.07) is 8.67. The summed E-state index contributed by atoms with van der Waals surface area (Å²) in [6.45, 7) is 2.47. The molecule has 194 valence electrons. The third kappa shape index (κ3) is 5.36. The predicted octanol–water partition coefficient (Wildman–Crippen LogP) is 6.91. The number of nitrogens with zero attached hydrogens (tertiary/aromatic N) is 2. The normalized spacial score (nSPS) is 21.8. The van der Waals surface area contributed by atoms with Crippen molar-refractivity contribution in [2.45, 2.75) is 56.3 Å². The molecule has 1 aliphatic heterocycles. The van der Waals surface area contributed by atoms with Crippen LogP contribution in [0.3, 0.4) is 0 Å². The molecule has 10 heteroatoms. The molecule has 0 bridgehead atoms. The highest BCUT2D eigenvalue weighted by Crippen LogP contribution is 2.44. The number of sulfone groups is 1. The maximum atomic E-state index is 13.6. The Morgan fingerprint density at radius 3 is 2.50 bits per heavy atom. The first-order chi connectivity index (χ1) is 17.1. The van der Waals surface area contributed by atoms with Crippen LogP contribution in [0.25, 0.3) is 11.0 Å². The molecule has 2 aliphatic rings. The zero-order valence-corrected chi connectivity index (χ0v) is 22.4. The summed E-state index contributed by atoms with van der Waals surface area (Å²) in [5.41, 5.74) is 2.64. The maximum Gasteiger partial charge on any atom is 0.251 e. The van der Waals surface area contributed by atoms with E-state index in [1.165, 1.54) is 0 Å². The number of H-pyrrole nitrogens is 1. The van der Waals surface area contributed by atoms with Crippen LogP contribution in [-0.2, 0) is 16.3 Å². The Hall–Kier alpha value is -1.90. The van der Waals surface area contributed by atoms with Crippen molar-refractivity contribution in [2.24, 2.45) is 11.8 Å². The number of fused-ring (bicyclic) bond motifs is 1. The van der Waals surface area contributed by atoms with Crippen molar-refractivity contribution in [1.82, 2.24) is 9.97 Å². The summed E-state index contributed by atoms with van der Waals surface area (Å²) in [7, 11) is -3.30. The largest absolute Gasteiger partial charge is 0.369 e. The van der Waals surface area contributed by atoms with Gasteiger partial charge in [-0.1, -0.05) is 55.1 Å². The molecule has 0 radical (unpaired) electrons. The van der Waals surface area contributed by atoms with Crippen LogP contribution in [0.2, 0.25) is 10.0 Å². The molecule has 1 aliphatic carbocycles. The molecular weight excluding hydrogens is 527 g/mol. The van der Waals surface area contributed by atoms with Crippen molar-refractivity contribution in [3.05, 3.63) is 51.8 Å². The topological polar surface area (TPSA) is 66.1 Å². The van der Waals surface area contributed by atoms with E-state index >= 15 is 0 Å². The van der Waals surface area contributed by atoms with Crippen LogP contribution in [0, 0.1) is 11.8 Å². The number of halogens is 4. The minimum atomic E-state index is -3.30. The molecule has 5 nitrogen and oxygen atoms in total. The number of imidazole rings is 1. The average Bonchev–Trinajstić information content (AvgIpc) is 3.39. The first-order valence-electron chi connectivity index (χ1n) is 12.4. The van der Waals surface area contributed by atoms with Crippen molar-refractivity contribution >= 4 is 49.8 Å². The fraction of sp³-hybridized carbons (Fsp3) is 0.500. The van der Waals surface area contributed by atoms with Gasteiger partial charge in [0.15, 0.2) is 9.84 Å². The Labute approximate surface area is 220 Å². The minimum absolute atomic E-state index is 0.171. The highest BCUT2D eigenvalue weighted by Gasteiger charge is 2.39. The third-order valence-electron chi connectivity index (χ3n) is 7.32. The lowest BCUT2D eigenvalue weighted by atomic mass is 10.1. The lowest BCUT2D eigenvalue weighted by Crippen LogP contribution is -2.39. The summed E-state index contributed by atoms with van der Waals surface area (Å²) in [4.78, 5) is 10.0. The number of rotatable bonds is 8. The number of benzene rings is 2. The van der Waals surface area contributed by atoms with Gasteiger partial charge < -0.3 is 9.88 Å². The fourth-order valence-corrected chi connectivity index (χ4v) is 7.63. The Morgan fingerprint density at radius 1 is 1.14 bits per heavy atom. The summed E-state index contributed by atoms with van der Waals surface area (Å²) in [5.74, 6) is -0.955. The van der Waals surface area contributed by atoms with Gasteiger partial charge in [-0.2, -0.15) is 0 Å². The summed E-state index contributed by atoms with van der Waals surface area (Å²) in [6.07, 6.45) is 3.17. The molecule has 2 unspecified atom stereocenters. The standard InChI is InChI=1S/C26H29Cl2F2N3O2S/c1-2-3-17-13-18(17)15-36(34,35)19-6-4-16(5-7-19)12-22-31-21-14-20(27)25(23(28)24(21)32-22)33-10-8-26(29,30)9-11-33/h4-7,14,17-18H,2-3,8-13,15H2,1H3,(H,31,32). The van der Waals surface area contributed by atoms with Crippen molar-refractivity contribution in [2.75, 3.05) is 23.7 Å². The molecule has 5 rings (SSSR count). The minimum Gasteiger partial charge on any atom is -0.369 e. The Bertz CT molecular complexity index is 1370. The molecule has 1 N–H and O–H groups in total. The van der Waals surface area contributed by atoms with E-state index in [1.54, 1.807) is 23.1 Å². The van der Waals surface area contributed by atoms with Crippen molar-refractivity contribution in [3.63, 3.8) is 0 Å². The fourth-order valence-electron chi connectivity index (χ4n) is 5.18. The van der Waals surface area contributed by atoms with Gasteiger partial charge in [0.1, 0.15) is 11.3 Å². The van der Waals surface area contributed by atoms with Crippen molar-refractivity contribution in [1.29, 1.82) is 0 Å². The van der Waals surface area contributed by atoms with Crippen LogP contribution in [0.1, 0.15) is 50.4 Å². The molecule has 0 spiro atoms. The zero-order chi connectivity index (χ0) is 25.7. The van der Waals surface area contributed by atoms with Gasteiger partial charge in [0.2, 0.25) is 0 Å². The van der Waals surface area contributed by atoms with Crippen LogP contribution in [0.15, 0.2) is 35.2 Å². The van der Waals surface area contributed by atoms with Crippen LogP contribution >= 0.6 is 23.2 Å². The van der Waals surface area contributed by atoms with E-state index in [-0.39, 0.29) is 37.6 Å². The number of hydrogen-bond acceptors (Lipinski definition) is 4. The Morgan fingerprint density at radius 2 is 1.83 bits per heavy atom. The Kier molecular flexibility index (Phi) is 6.98. The highest BCUT2D eigenvalue weighted by molar-refractivity contribution is 7.91. The number of anilines is 1. The maximum absolute atomic E-state index is 13.6. The van der Waals surface area contributed by atoms with E-state index in [1.807, 2.05) is 12.1 Å². The average molecular weight is 557 g/mol. The van der Waals surface area contributed by atoms with E-state index in [2.05, 4.69) is 16.9 Å². The second kappa shape index (κ2) is 9.76. The number of hydrogen-bond donors (Lipinski definition) is 1. The molecule has 0 amide bonds. The molecule has 2 heterocycles. The SMILES string of the molecule is CCCC1CC1CS(=O)(=O)c1ccc(Cc2nc3c(Cl)c(N4CCC(F)(F)CC4)c(Cl)cc3[nH]2)cc1. The molecule has 2 aromatic carbocycles. The first kappa shape index (κ1) is 25.7. The number of nitrogens with one attached hydrogen (secondary N) is 1. The number of alkyl halides is 2. The van der Waals surface area contributed by atoms with Gasteiger partial charge in [-0.25, -0.2) is 22.2 Å². The number of aromatic amines is 1. The molecule has 3 aromatic rings. The zero-order valence-electron chi connectivity index (χ0n) is 20.0. The second-order valence-corrected chi connectivity index (χ2v) is 12.9. The lowest BCUT2D eigenvalue weighted by molar-refractivity contribution is -0.0220. The van der Waals surface area contributed by atoms with Gasteiger partial charge in [0.05, 0.1) is 31.9 Å². The van der Waals surface area contributed by atoms with Crippen LogP contribution in [0.4, 0.5) is 14.5 Å². The van der Waals surface area contributed by atoms with Crippen molar-refractivity contribution < 1.29 is 17.2 Å². The molecular formula is C26H29Cl2F2N3O2S. The highest BCUT2D eigenvalue weighted by atomic mass is 35.5. The molecule has 36 heavy (non-hydrogen) atoms. The van der Waals surface area contributed by atoms with Gasteiger partial charge in [-0.15, -0.1) is 0 Å². The van der Waals surface area contributed by atoms with Crippen LogP contribution < -0.4 is 4.90 Å². The molecule has 2 atom stereocenters. The Balaban J connectivity index is 1.31. The lowest BCUT2D eigenvalue weighted by Gasteiger charge is -2.34. The number of piperidine rings is 1. The quantitative estimate of drug-likeness (QED) is 0.328. The molecule has 1 saturated heterocycles. The molecule has 1 aromatic heterocycles. The van der Waals surface area contributed by atoms with Gasteiger partial charge in [0, 0.05) is 32.4 Å². The van der Waals surface area contributed by atoms with E-state index < -0.39 is 15.8 Å². The van der Waals surface area contributed by atoms with Gasteiger partial charge in [0.25, 0.3) is 5.92 Å². The third-order valence-corrected chi connectivity index (χ3v) is 9.82. The smallest absolute Gasteiger partial charge is 0.251 e. The molecule has 2 fully saturated rings. The van der Waals surface area contributed by atoms with Crippen LogP contribution in [-0.4, -0.2) is 43.2 Å². The summed E-state index contributed by atoms with van der Waals surface area (Å²) < 4.78 is 52.8. The van der Waals surface area contributed by atoms with Crippen molar-refractivity contribution in [3.8, 4) is 0 Å². The van der Waals surface area contributed by atoms with E-state index in [0.29, 0.717) is 49.8 Å².